The molecule has 3 nitrogen and oxygen atoms in total. The zero-order valence-corrected chi connectivity index (χ0v) is 13.5. The molecule has 1 aromatic heterocycles. The summed E-state index contributed by atoms with van der Waals surface area (Å²) in [5.41, 5.74) is 3.14. The lowest BCUT2D eigenvalue weighted by atomic mass is 9.95. The molecule has 1 heterocycles. The molecule has 1 N–H and O–H groups in total. The van der Waals surface area contributed by atoms with Crippen molar-refractivity contribution in [3.05, 3.63) is 40.7 Å². The van der Waals surface area contributed by atoms with Crippen molar-refractivity contribution in [2.45, 2.75) is 52.0 Å². The van der Waals surface area contributed by atoms with Gasteiger partial charge in [-0.25, -0.2) is 4.98 Å². The molecular weight excluding hydrogens is 282 g/mol. The third-order valence-corrected chi connectivity index (χ3v) is 4.66. The summed E-state index contributed by atoms with van der Waals surface area (Å²) in [6, 6.07) is 6.62. The summed E-state index contributed by atoms with van der Waals surface area (Å²) < 4.78 is 2.31. The van der Waals surface area contributed by atoms with E-state index in [0.29, 0.717) is 6.04 Å². The summed E-state index contributed by atoms with van der Waals surface area (Å²) in [7, 11) is 0. The van der Waals surface area contributed by atoms with Crippen LogP contribution in [-0.2, 0) is 0 Å². The lowest BCUT2D eigenvalue weighted by Gasteiger charge is -2.24. The van der Waals surface area contributed by atoms with Gasteiger partial charge in [0.25, 0.3) is 0 Å². The first kappa shape index (κ1) is 14.5. The normalized spacial score (nSPS) is 16.1. The number of benzene rings is 1. The molecule has 112 valence electrons. The number of rotatable bonds is 3. The minimum Gasteiger partial charge on any atom is -0.326 e. The number of halogens is 1. The number of nitrogens with one attached hydrogen (secondary N) is 1. The average molecular weight is 304 g/mol. The Morgan fingerprint density at radius 1 is 1.19 bits per heavy atom. The van der Waals surface area contributed by atoms with Gasteiger partial charge in [0.1, 0.15) is 0 Å². The Hall–Kier alpha value is -1.48. The number of imidazole rings is 1. The van der Waals surface area contributed by atoms with E-state index in [0.717, 1.165) is 27.9 Å². The fourth-order valence-corrected chi connectivity index (χ4v) is 3.23. The van der Waals surface area contributed by atoms with Gasteiger partial charge < -0.3 is 9.88 Å². The first-order chi connectivity index (χ1) is 10.1. The Balaban J connectivity index is 1.85. The van der Waals surface area contributed by atoms with Crippen molar-refractivity contribution in [2.24, 2.45) is 0 Å². The Morgan fingerprint density at radius 2 is 1.95 bits per heavy atom. The molecule has 0 bridgehead atoms. The van der Waals surface area contributed by atoms with Crippen LogP contribution in [-0.4, -0.2) is 9.55 Å². The van der Waals surface area contributed by atoms with Gasteiger partial charge in [0.2, 0.25) is 5.95 Å². The van der Waals surface area contributed by atoms with Gasteiger partial charge in [-0.05, 0) is 44.4 Å². The monoisotopic (exact) mass is 303 g/mol. The molecule has 0 saturated heterocycles. The topological polar surface area (TPSA) is 29.9 Å². The van der Waals surface area contributed by atoms with Crippen LogP contribution < -0.4 is 5.32 Å². The van der Waals surface area contributed by atoms with Crippen molar-refractivity contribution in [3.8, 4) is 0 Å². The van der Waals surface area contributed by atoms with Crippen molar-refractivity contribution in [1.82, 2.24) is 9.55 Å². The van der Waals surface area contributed by atoms with E-state index < -0.39 is 0 Å². The molecule has 1 aromatic carbocycles. The van der Waals surface area contributed by atoms with Crippen molar-refractivity contribution in [2.75, 3.05) is 5.32 Å². The van der Waals surface area contributed by atoms with Crippen LogP contribution in [0, 0.1) is 13.8 Å². The molecule has 21 heavy (non-hydrogen) atoms. The standard InChI is InChI=1S/C17H22ClN3/c1-12-8-9-14(10-16(12)18)20-17-19-13(2)11-21(17)15-6-4-3-5-7-15/h8-11,15H,3-7H2,1-2H3,(H,19,20). The summed E-state index contributed by atoms with van der Waals surface area (Å²) in [6.07, 6.45) is 8.66. The predicted molar refractivity (Wildman–Crippen MR) is 88.6 cm³/mol. The first-order valence-corrected chi connectivity index (χ1v) is 8.10. The number of hydrogen-bond donors (Lipinski definition) is 1. The number of nitrogens with zero attached hydrogens (tertiary/aromatic N) is 2. The van der Waals surface area contributed by atoms with Crippen LogP contribution in [0.3, 0.4) is 0 Å². The van der Waals surface area contributed by atoms with Gasteiger partial charge in [0.15, 0.2) is 0 Å². The zero-order valence-electron chi connectivity index (χ0n) is 12.7. The molecule has 1 fully saturated rings. The number of hydrogen-bond acceptors (Lipinski definition) is 2. The van der Waals surface area contributed by atoms with Gasteiger partial charge >= 0.3 is 0 Å². The lowest BCUT2D eigenvalue weighted by Crippen LogP contribution is -2.14. The van der Waals surface area contributed by atoms with Gasteiger partial charge in [-0.15, -0.1) is 0 Å². The predicted octanol–water partition coefficient (Wildman–Crippen LogP) is 5.40. The SMILES string of the molecule is Cc1cn(C2CCCCC2)c(Nc2ccc(C)c(Cl)c2)n1. The van der Waals surface area contributed by atoms with Crippen LogP contribution in [0.25, 0.3) is 0 Å². The van der Waals surface area contributed by atoms with Crippen molar-refractivity contribution in [1.29, 1.82) is 0 Å². The average Bonchev–Trinajstić information content (AvgIpc) is 2.85. The van der Waals surface area contributed by atoms with Crippen LogP contribution in [0.1, 0.15) is 49.4 Å². The third-order valence-electron chi connectivity index (χ3n) is 4.25. The molecule has 3 rings (SSSR count). The summed E-state index contributed by atoms with van der Waals surface area (Å²) in [4.78, 5) is 4.64. The highest BCUT2D eigenvalue weighted by molar-refractivity contribution is 6.31. The van der Waals surface area contributed by atoms with Gasteiger partial charge in [-0.3, -0.25) is 0 Å². The van der Waals surface area contributed by atoms with Crippen molar-refractivity contribution >= 4 is 23.2 Å². The Bertz CT molecular complexity index is 627. The van der Waals surface area contributed by atoms with Gasteiger partial charge in [-0.1, -0.05) is 36.9 Å². The molecule has 0 spiro atoms. The van der Waals surface area contributed by atoms with Crippen LogP contribution in [0.15, 0.2) is 24.4 Å². The fraction of sp³-hybridized carbons (Fsp3) is 0.471. The van der Waals surface area contributed by atoms with Crippen molar-refractivity contribution < 1.29 is 0 Å². The Kier molecular flexibility index (Phi) is 4.20. The molecular formula is C17H22ClN3. The highest BCUT2D eigenvalue weighted by Gasteiger charge is 2.19. The maximum atomic E-state index is 6.21. The third kappa shape index (κ3) is 3.24. The van der Waals surface area contributed by atoms with E-state index in [1.54, 1.807) is 0 Å². The minimum atomic E-state index is 0.573. The Morgan fingerprint density at radius 3 is 2.67 bits per heavy atom. The van der Waals surface area contributed by atoms with Gasteiger partial charge in [0.05, 0.1) is 5.69 Å². The molecule has 4 heteroatoms. The minimum absolute atomic E-state index is 0.573. The molecule has 0 aliphatic heterocycles. The largest absolute Gasteiger partial charge is 0.326 e. The second-order valence-electron chi connectivity index (χ2n) is 5.99. The molecule has 1 saturated carbocycles. The first-order valence-electron chi connectivity index (χ1n) is 7.72. The van der Waals surface area contributed by atoms with E-state index in [1.807, 2.05) is 26.0 Å². The van der Waals surface area contributed by atoms with Crippen LogP contribution in [0.4, 0.5) is 11.6 Å². The van der Waals surface area contributed by atoms with Crippen LogP contribution in [0.2, 0.25) is 5.02 Å². The number of anilines is 2. The van der Waals surface area contributed by atoms with E-state index in [-0.39, 0.29) is 0 Å². The lowest BCUT2D eigenvalue weighted by molar-refractivity contribution is 0.356. The number of aromatic nitrogens is 2. The molecule has 0 unspecified atom stereocenters. The molecule has 0 atom stereocenters. The second-order valence-corrected chi connectivity index (χ2v) is 6.40. The highest BCUT2D eigenvalue weighted by atomic mass is 35.5. The van der Waals surface area contributed by atoms with E-state index in [4.69, 9.17) is 11.6 Å². The second kappa shape index (κ2) is 6.10. The van der Waals surface area contributed by atoms with E-state index >= 15 is 0 Å². The van der Waals surface area contributed by atoms with E-state index in [2.05, 4.69) is 27.1 Å². The molecule has 0 radical (unpaired) electrons. The smallest absolute Gasteiger partial charge is 0.207 e. The molecule has 1 aliphatic rings. The van der Waals surface area contributed by atoms with Crippen molar-refractivity contribution in [3.63, 3.8) is 0 Å². The quantitative estimate of drug-likeness (QED) is 0.822. The van der Waals surface area contributed by atoms with Crippen LogP contribution in [0.5, 0.6) is 0 Å². The zero-order chi connectivity index (χ0) is 14.8. The maximum Gasteiger partial charge on any atom is 0.207 e. The van der Waals surface area contributed by atoms with Crippen LogP contribution >= 0.6 is 11.6 Å². The summed E-state index contributed by atoms with van der Waals surface area (Å²) >= 11 is 6.21. The summed E-state index contributed by atoms with van der Waals surface area (Å²) in [5, 5.41) is 4.21. The fourth-order valence-electron chi connectivity index (χ4n) is 3.05. The van der Waals surface area contributed by atoms with Gasteiger partial charge in [-0.2, -0.15) is 0 Å². The van der Waals surface area contributed by atoms with E-state index in [1.165, 1.54) is 32.1 Å². The molecule has 0 amide bonds. The Labute approximate surface area is 131 Å². The highest BCUT2D eigenvalue weighted by Crippen LogP contribution is 2.32. The van der Waals surface area contributed by atoms with E-state index in [9.17, 15) is 0 Å². The molecule has 1 aliphatic carbocycles. The maximum absolute atomic E-state index is 6.21. The molecule has 2 aromatic rings. The summed E-state index contributed by atoms with van der Waals surface area (Å²) in [6.45, 7) is 4.06. The number of aryl methyl sites for hydroxylation is 2. The summed E-state index contributed by atoms with van der Waals surface area (Å²) in [5.74, 6) is 0.930. The van der Waals surface area contributed by atoms with Gasteiger partial charge in [0, 0.05) is 22.9 Å².